The number of hydrogen-bond donors (Lipinski definition) is 0. The maximum Gasteiger partial charge on any atom is 0.128 e. The van der Waals surface area contributed by atoms with Gasteiger partial charge in [-0.2, -0.15) is 10.2 Å². The summed E-state index contributed by atoms with van der Waals surface area (Å²) in [6.07, 6.45) is 6.15. The highest BCUT2D eigenvalue weighted by molar-refractivity contribution is 5.62. The predicted molar refractivity (Wildman–Crippen MR) is 217 cm³/mol. The Kier molecular flexibility index (Phi) is 13.6. The van der Waals surface area contributed by atoms with Gasteiger partial charge in [0.2, 0.25) is 0 Å². The lowest BCUT2D eigenvalue weighted by Crippen LogP contribution is -2.10. The summed E-state index contributed by atoms with van der Waals surface area (Å²) in [7, 11) is 1.66. The summed E-state index contributed by atoms with van der Waals surface area (Å²) in [6.45, 7) is 11.0. The van der Waals surface area contributed by atoms with E-state index in [0.717, 1.165) is 110 Å². The first-order chi connectivity index (χ1) is 26.6. The predicted octanol–water partition coefficient (Wildman–Crippen LogP) is 11.9. The highest BCUT2D eigenvalue weighted by Gasteiger charge is 2.23. The number of rotatable bonds is 15. The van der Waals surface area contributed by atoms with E-state index in [1.54, 1.807) is 7.11 Å². The third-order valence-corrected chi connectivity index (χ3v) is 9.51. The van der Waals surface area contributed by atoms with Crippen molar-refractivity contribution in [2.24, 2.45) is 10.2 Å². The first-order valence-corrected chi connectivity index (χ1v) is 19.6. The van der Waals surface area contributed by atoms with Crippen LogP contribution in [0.15, 0.2) is 101 Å². The molecule has 5 aromatic carbocycles. The second-order valence-corrected chi connectivity index (χ2v) is 13.8. The monoisotopic (exact) mass is 726 g/mol. The summed E-state index contributed by atoms with van der Waals surface area (Å²) in [4.78, 5) is 0. The summed E-state index contributed by atoms with van der Waals surface area (Å²) >= 11 is 0. The van der Waals surface area contributed by atoms with E-state index in [4.69, 9.17) is 28.8 Å². The smallest absolute Gasteiger partial charge is 0.128 e. The summed E-state index contributed by atoms with van der Waals surface area (Å²) in [5, 5.41) is 9.55. The molecule has 0 heterocycles. The molecule has 1 aliphatic rings. The van der Waals surface area contributed by atoms with Crippen molar-refractivity contribution in [3.05, 3.63) is 136 Å². The van der Waals surface area contributed by atoms with Gasteiger partial charge in [0, 0.05) is 31.2 Å². The molecule has 0 saturated heterocycles. The highest BCUT2D eigenvalue weighted by Crippen LogP contribution is 2.42. The highest BCUT2D eigenvalue weighted by atomic mass is 16.5. The standard InChI is InChI=1S/C47H54N2O5/c1-6-25-51-44-33-13-10-14-35(44)30-36-17-12-18-38(46(36)53-27-8-3)32-42-43(49-48-40-20-22-41(50-5)23-21-40)24-19-39(47(42)54-28-9-4)31-37-16-11-15-34(29-33)45(37)52-26-7-2/h10-24H,6-9,25-32H2,1-5H3. The Morgan fingerprint density at radius 2 is 0.815 bits per heavy atom. The van der Waals surface area contributed by atoms with Crippen LogP contribution in [-0.4, -0.2) is 33.5 Å². The minimum atomic E-state index is 0.551. The number of ether oxygens (including phenoxy) is 5. The van der Waals surface area contributed by atoms with E-state index < -0.39 is 0 Å². The molecule has 0 fully saturated rings. The fourth-order valence-electron chi connectivity index (χ4n) is 6.94. The molecule has 0 unspecified atom stereocenters. The van der Waals surface area contributed by atoms with Crippen molar-refractivity contribution < 1.29 is 23.7 Å². The molecule has 8 bridgehead atoms. The van der Waals surface area contributed by atoms with Crippen LogP contribution in [0.3, 0.4) is 0 Å². The summed E-state index contributed by atoms with van der Waals surface area (Å²) in [5.74, 6) is 4.41. The molecule has 0 saturated carbocycles. The van der Waals surface area contributed by atoms with Crippen LogP contribution in [0, 0.1) is 0 Å². The van der Waals surface area contributed by atoms with Gasteiger partial charge >= 0.3 is 0 Å². The fourth-order valence-corrected chi connectivity index (χ4v) is 6.94. The first-order valence-electron chi connectivity index (χ1n) is 19.6. The molecule has 0 spiro atoms. The number of para-hydroxylation sites is 3. The Balaban J connectivity index is 1.59. The average molecular weight is 727 g/mol. The number of methoxy groups -OCH3 is 1. The van der Waals surface area contributed by atoms with Gasteiger partial charge in [-0.15, -0.1) is 0 Å². The maximum absolute atomic E-state index is 6.74. The number of azo groups is 1. The lowest BCUT2D eigenvalue weighted by atomic mass is 9.91. The van der Waals surface area contributed by atoms with Crippen LogP contribution >= 0.6 is 0 Å². The van der Waals surface area contributed by atoms with E-state index in [1.807, 2.05) is 24.3 Å². The summed E-state index contributed by atoms with van der Waals surface area (Å²) in [6, 6.07) is 31.4. The topological polar surface area (TPSA) is 70.9 Å². The molecule has 54 heavy (non-hydrogen) atoms. The van der Waals surface area contributed by atoms with Crippen molar-refractivity contribution in [2.75, 3.05) is 33.5 Å². The molecule has 0 aromatic heterocycles. The van der Waals surface area contributed by atoms with E-state index in [9.17, 15) is 0 Å². The molecule has 7 heteroatoms. The molecule has 0 atom stereocenters. The molecular weight excluding hydrogens is 673 g/mol. The minimum Gasteiger partial charge on any atom is -0.497 e. The number of nitrogens with zero attached hydrogens (tertiary/aromatic N) is 2. The molecule has 0 aliphatic heterocycles. The van der Waals surface area contributed by atoms with Crippen molar-refractivity contribution in [1.82, 2.24) is 0 Å². The fraction of sp³-hybridized carbons (Fsp3) is 0.362. The SMILES string of the molecule is CCCOc1c2cccc1Cc1cccc(c1OCCC)Cc1c(N=Nc3ccc(OC)cc3)ccc(c1OCCC)Cc1cccc(c1OCCC)C2. The van der Waals surface area contributed by atoms with Crippen LogP contribution in [0.2, 0.25) is 0 Å². The average Bonchev–Trinajstić information content (AvgIpc) is 3.19. The molecule has 0 N–H and O–H groups in total. The van der Waals surface area contributed by atoms with Crippen molar-refractivity contribution in [1.29, 1.82) is 0 Å². The Labute approximate surface area is 321 Å². The molecule has 0 amide bonds. The van der Waals surface area contributed by atoms with E-state index in [2.05, 4.69) is 99.5 Å². The van der Waals surface area contributed by atoms with Crippen molar-refractivity contribution in [2.45, 2.75) is 79.1 Å². The molecule has 7 nitrogen and oxygen atoms in total. The van der Waals surface area contributed by atoms with Crippen molar-refractivity contribution in [3.63, 3.8) is 0 Å². The van der Waals surface area contributed by atoms with Gasteiger partial charge in [0.15, 0.2) is 0 Å². The van der Waals surface area contributed by atoms with Crippen LogP contribution in [0.5, 0.6) is 28.7 Å². The van der Waals surface area contributed by atoms with Crippen molar-refractivity contribution in [3.8, 4) is 28.7 Å². The van der Waals surface area contributed by atoms with Crippen LogP contribution in [-0.2, 0) is 25.7 Å². The largest absolute Gasteiger partial charge is 0.497 e. The van der Waals surface area contributed by atoms with Crippen LogP contribution in [0.4, 0.5) is 11.4 Å². The van der Waals surface area contributed by atoms with Gasteiger partial charge in [0.25, 0.3) is 0 Å². The van der Waals surface area contributed by atoms with Gasteiger partial charge in [0.1, 0.15) is 28.7 Å². The molecule has 0 radical (unpaired) electrons. The van der Waals surface area contributed by atoms with Crippen molar-refractivity contribution >= 4 is 11.4 Å². The Morgan fingerprint density at radius 1 is 0.426 bits per heavy atom. The van der Waals surface area contributed by atoms with Gasteiger partial charge in [-0.1, -0.05) is 88.4 Å². The first kappa shape index (κ1) is 38.4. The van der Waals surface area contributed by atoms with Gasteiger partial charge in [-0.05, 0) is 95.0 Å². The van der Waals surface area contributed by atoms with Gasteiger partial charge in [-0.3, -0.25) is 0 Å². The third kappa shape index (κ3) is 9.25. The molecule has 282 valence electrons. The Hall–Kier alpha value is -5.30. The Bertz CT molecular complexity index is 2020. The number of fused-ring (bicyclic) bond motifs is 8. The zero-order valence-electron chi connectivity index (χ0n) is 32.6. The molecule has 5 aromatic rings. The lowest BCUT2D eigenvalue weighted by Gasteiger charge is -2.23. The van der Waals surface area contributed by atoms with E-state index in [-0.39, 0.29) is 0 Å². The molecule has 6 rings (SSSR count). The van der Waals surface area contributed by atoms with Gasteiger partial charge in [-0.25, -0.2) is 0 Å². The van der Waals surface area contributed by atoms with Gasteiger partial charge in [0.05, 0.1) is 44.9 Å². The summed E-state index contributed by atoms with van der Waals surface area (Å²) in [5.41, 5.74) is 10.3. The normalized spacial score (nSPS) is 12.4. The molecule has 1 aliphatic carbocycles. The van der Waals surface area contributed by atoms with E-state index in [0.29, 0.717) is 52.1 Å². The number of hydrogen-bond acceptors (Lipinski definition) is 7. The Morgan fingerprint density at radius 3 is 1.22 bits per heavy atom. The lowest BCUT2D eigenvalue weighted by molar-refractivity contribution is 0.304. The van der Waals surface area contributed by atoms with E-state index in [1.165, 1.54) is 0 Å². The zero-order valence-corrected chi connectivity index (χ0v) is 32.6. The van der Waals surface area contributed by atoms with Gasteiger partial charge < -0.3 is 23.7 Å². The maximum atomic E-state index is 6.74. The summed E-state index contributed by atoms with van der Waals surface area (Å²) < 4.78 is 32.0. The second-order valence-electron chi connectivity index (χ2n) is 13.8. The van der Waals surface area contributed by atoms with E-state index >= 15 is 0 Å². The van der Waals surface area contributed by atoms with Crippen LogP contribution < -0.4 is 23.7 Å². The third-order valence-electron chi connectivity index (χ3n) is 9.51. The van der Waals surface area contributed by atoms with Crippen LogP contribution in [0.1, 0.15) is 97.9 Å². The minimum absolute atomic E-state index is 0.551. The quantitative estimate of drug-likeness (QED) is 0.0985. The zero-order chi connectivity index (χ0) is 37.7. The second kappa shape index (κ2) is 19.2. The number of benzene rings is 5. The van der Waals surface area contributed by atoms with Crippen LogP contribution in [0.25, 0.3) is 0 Å². The molecular formula is C47H54N2O5.